The second-order valence-electron chi connectivity index (χ2n) is 2.67. The molecule has 0 aromatic heterocycles. The van der Waals surface area contributed by atoms with Crippen LogP contribution < -0.4 is 0 Å². The molecule has 0 aliphatic carbocycles. The Morgan fingerprint density at radius 1 is 1.18 bits per heavy atom. The van der Waals surface area contributed by atoms with Gasteiger partial charge in [-0.1, -0.05) is 44.2 Å². The van der Waals surface area contributed by atoms with Crippen LogP contribution in [0.1, 0.15) is 33.6 Å². The monoisotopic (exact) mass is 150 g/mol. The first-order chi connectivity index (χ1) is 5.24. The molecular formula is C11H18. The first-order valence-electron chi connectivity index (χ1n) is 4.23. The minimum atomic E-state index is 1.07. The molecule has 0 fully saturated rings. The predicted octanol–water partition coefficient (Wildman–Crippen LogP) is 3.87. The molecule has 62 valence electrons. The van der Waals surface area contributed by atoms with Crippen molar-refractivity contribution >= 4 is 0 Å². The molecule has 0 radical (unpaired) electrons. The topological polar surface area (TPSA) is 0 Å². The Labute approximate surface area is 70.3 Å². The third-order valence-electron chi connectivity index (χ3n) is 1.81. The highest BCUT2D eigenvalue weighted by atomic mass is 13.9. The molecule has 0 aromatic rings. The summed E-state index contributed by atoms with van der Waals surface area (Å²) >= 11 is 0. The number of hydrogen-bond donors (Lipinski definition) is 0. The van der Waals surface area contributed by atoms with Gasteiger partial charge in [0.05, 0.1) is 0 Å². The summed E-state index contributed by atoms with van der Waals surface area (Å²) in [5.41, 5.74) is 2.72. The maximum atomic E-state index is 3.74. The molecule has 0 amide bonds. The van der Waals surface area contributed by atoms with Crippen molar-refractivity contribution in [1.29, 1.82) is 0 Å². The third kappa shape index (κ3) is 4.60. The van der Waals surface area contributed by atoms with Crippen molar-refractivity contribution < 1.29 is 0 Å². The van der Waals surface area contributed by atoms with E-state index in [1.54, 1.807) is 0 Å². The summed E-state index contributed by atoms with van der Waals surface area (Å²) in [6, 6.07) is 0. The van der Waals surface area contributed by atoms with Crippen molar-refractivity contribution in [1.82, 2.24) is 0 Å². The Kier molecular flexibility index (Phi) is 5.54. The van der Waals surface area contributed by atoms with Crippen LogP contribution in [0.15, 0.2) is 36.0 Å². The molecule has 0 N–H and O–H groups in total. The van der Waals surface area contributed by atoms with E-state index in [0.29, 0.717) is 0 Å². The Hall–Kier alpha value is -0.780. The molecule has 0 bridgehead atoms. The number of rotatable bonds is 4. The summed E-state index contributed by atoms with van der Waals surface area (Å²) in [7, 11) is 0. The van der Waals surface area contributed by atoms with Gasteiger partial charge in [-0.3, -0.25) is 0 Å². The Bertz CT molecular complexity index is 170. The predicted molar refractivity (Wildman–Crippen MR) is 52.6 cm³/mol. The van der Waals surface area contributed by atoms with E-state index in [2.05, 4.69) is 39.5 Å². The van der Waals surface area contributed by atoms with Gasteiger partial charge in [-0.2, -0.15) is 0 Å². The van der Waals surface area contributed by atoms with Crippen molar-refractivity contribution in [2.75, 3.05) is 0 Å². The van der Waals surface area contributed by atoms with Crippen molar-refractivity contribution in [3.8, 4) is 0 Å². The number of hydrogen-bond acceptors (Lipinski definition) is 0. The van der Waals surface area contributed by atoms with Crippen LogP contribution >= 0.6 is 0 Å². The van der Waals surface area contributed by atoms with Gasteiger partial charge in [-0.25, -0.2) is 0 Å². The lowest BCUT2D eigenvalue weighted by atomic mass is 10.1. The zero-order valence-electron chi connectivity index (χ0n) is 7.85. The lowest BCUT2D eigenvalue weighted by molar-refractivity contribution is 1.09. The number of allylic oxidation sites excluding steroid dienone is 5. The second kappa shape index (κ2) is 5.96. The van der Waals surface area contributed by atoms with Gasteiger partial charge in [-0.15, -0.1) is 0 Å². The maximum absolute atomic E-state index is 3.74. The minimum absolute atomic E-state index is 1.07. The van der Waals surface area contributed by atoms with Crippen LogP contribution in [0.25, 0.3) is 0 Å². The molecule has 11 heavy (non-hydrogen) atoms. The molecule has 0 saturated heterocycles. The standard InChI is InChI=1S/C11H18/c1-5-10(4)8-9-11(6-2)7-3/h6,8-9H,2,5,7H2,1,3-4H3/b10-8+,11-9+. The molecule has 0 nitrogen and oxygen atoms in total. The average molecular weight is 150 g/mol. The normalized spacial score (nSPS) is 13.4. The summed E-state index contributed by atoms with van der Waals surface area (Å²) in [6.07, 6.45) is 8.42. The molecule has 0 aliphatic rings. The van der Waals surface area contributed by atoms with Gasteiger partial charge in [0.25, 0.3) is 0 Å². The van der Waals surface area contributed by atoms with Crippen molar-refractivity contribution in [2.45, 2.75) is 33.6 Å². The first-order valence-corrected chi connectivity index (χ1v) is 4.23. The van der Waals surface area contributed by atoms with E-state index in [9.17, 15) is 0 Å². The summed E-state index contributed by atoms with van der Waals surface area (Å²) < 4.78 is 0. The molecule has 0 saturated carbocycles. The van der Waals surface area contributed by atoms with E-state index in [1.165, 1.54) is 11.1 Å². The minimum Gasteiger partial charge on any atom is -0.0988 e. The first kappa shape index (κ1) is 10.2. The highest BCUT2D eigenvalue weighted by Gasteiger charge is 1.84. The SMILES string of the molecule is C=C/C(=C\C=C(/C)CC)CC. The Morgan fingerprint density at radius 3 is 2.18 bits per heavy atom. The van der Waals surface area contributed by atoms with Crippen molar-refractivity contribution in [2.24, 2.45) is 0 Å². The lowest BCUT2D eigenvalue weighted by Crippen LogP contribution is -1.73. The molecule has 0 aliphatic heterocycles. The smallest absolute Gasteiger partial charge is 0.0308 e. The summed E-state index contributed by atoms with van der Waals surface area (Å²) in [4.78, 5) is 0. The van der Waals surface area contributed by atoms with E-state index in [-0.39, 0.29) is 0 Å². The molecule has 0 unspecified atom stereocenters. The summed E-state index contributed by atoms with van der Waals surface area (Å²) in [5, 5.41) is 0. The molecule has 0 atom stereocenters. The molecular weight excluding hydrogens is 132 g/mol. The molecule has 0 aromatic carbocycles. The zero-order chi connectivity index (χ0) is 8.69. The van der Waals surface area contributed by atoms with Gasteiger partial charge in [0.1, 0.15) is 0 Å². The van der Waals surface area contributed by atoms with Crippen LogP contribution in [0.2, 0.25) is 0 Å². The highest BCUT2D eigenvalue weighted by Crippen LogP contribution is 2.04. The van der Waals surface area contributed by atoms with E-state index in [4.69, 9.17) is 0 Å². The molecule has 0 spiro atoms. The van der Waals surface area contributed by atoms with Crippen LogP contribution in [0.5, 0.6) is 0 Å². The van der Waals surface area contributed by atoms with Gasteiger partial charge in [-0.05, 0) is 25.3 Å². The van der Waals surface area contributed by atoms with Crippen molar-refractivity contribution in [3.63, 3.8) is 0 Å². The molecule has 0 heterocycles. The van der Waals surface area contributed by atoms with E-state index < -0.39 is 0 Å². The quantitative estimate of drug-likeness (QED) is 0.534. The maximum Gasteiger partial charge on any atom is -0.0308 e. The molecule has 0 heteroatoms. The van der Waals surface area contributed by atoms with Crippen LogP contribution in [-0.4, -0.2) is 0 Å². The Balaban J connectivity index is 4.17. The Morgan fingerprint density at radius 2 is 1.82 bits per heavy atom. The fraction of sp³-hybridized carbons (Fsp3) is 0.455. The van der Waals surface area contributed by atoms with Crippen LogP contribution in [0, 0.1) is 0 Å². The van der Waals surface area contributed by atoms with Gasteiger partial charge >= 0.3 is 0 Å². The van der Waals surface area contributed by atoms with E-state index in [1.807, 2.05) is 6.08 Å². The highest BCUT2D eigenvalue weighted by molar-refractivity contribution is 5.23. The second-order valence-corrected chi connectivity index (χ2v) is 2.67. The van der Waals surface area contributed by atoms with Gasteiger partial charge in [0.2, 0.25) is 0 Å². The molecule has 0 rings (SSSR count). The van der Waals surface area contributed by atoms with E-state index in [0.717, 1.165) is 12.8 Å². The zero-order valence-corrected chi connectivity index (χ0v) is 7.85. The fourth-order valence-electron chi connectivity index (χ4n) is 0.697. The van der Waals surface area contributed by atoms with Gasteiger partial charge < -0.3 is 0 Å². The van der Waals surface area contributed by atoms with E-state index >= 15 is 0 Å². The van der Waals surface area contributed by atoms with Crippen molar-refractivity contribution in [3.05, 3.63) is 36.0 Å². The van der Waals surface area contributed by atoms with Crippen LogP contribution in [-0.2, 0) is 0 Å². The summed E-state index contributed by atoms with van der Waals surface area (Å²) in [6.45, 7) is 10.2. The average Bonchev–Trinajstić information content (AvgIpc) is 2.06. The van der Waals surface area contributed by atoms with Gasteiger partial charge in [0.15, 0.2) is 0 Å². The third-order valence-corrected chi connectivity index (χ3v) is 1.81. The largest absolute Gasteiger partial charge is 0.0988 e. The van der Waals surface area contributed by atoms with Crippen LogP contribution in [0.3, 0.4) is 0 Å². The lowest BCUT2D eigenvalue weighted by Gasteiger charge is -1.94. The summed E-state index contributed by atoms with van der Waals surface area (Å²) in [5.74, 6) is 0. The van der Waals surface area contributed by atoms with Crippen LogP contribution in [0.4, 0.5) is 0 Å². The fourth-order valence-corrected chi connectivity index (χ4v) is 0.697. The van der Waals surface area contributed by atoms with Gasteiger partial charge in [0, 0.05) is 0 Å².